The van der Waals surface area contributed by atoms with E-state index in [1.54, 1.807) is 25.6 Å². The van der Waals surface area contributed by atoms with Crippen LogP contribution < -0.4 is 4.74 Å². The summed E-state index contributed by atoms with van der Waals surface area (Å²) in [6.45, 7) is 3.98. The van der Waals surface area contributed by atoms with Crippen molar-refractivity contribution >= 4 is 12.2 Å². The minimum atomic E-state index is -0.248. The van der Waals surface area contributed by atoms with Gasteiger partial charge in [0.1, 0.15) is 17.4 Å². The number of hydrogen-bond donors (Lipinski definition) is 0. The largest absolute Gasteiger partial charge is 0.495 e. The van der Waals surface area contributed by atoms with Gasteiger partial charge in [0.25, 0.3) is 0 Å². The fourth-order valence-electron chi connectivity index (χ4n) is 3.51. The molecule has 0 aliphatic rings. The highest BCUT2D eigenvalue weighted by atomic mass is 19.1. The van der Waals surface area contributed by atoms with Crippen LogP contribution in [0, 0.1) is 12.7 Å². The van der Waals surface area contributed by atoms with Gasteiger partial charge in [-0.2, -0.15) is 0 Å². The predicted molar refractivity (Wildman–Crippen MR) is 119 cm³/mol. The Morgan fingerprint density at radius 2 is 1.84 bits per heavy atom. The molecule has 0 saturated heterocycles. The number of rotatable bonds is 6. The van der Waals surface area contributed by atoms with Crippen LogP contribution in [0.25, 0.3) is 17.8 Å². The van der Waals surface area contributed by atoms with E-state index in [0.717, 1.165) is 39.9 Å². The maximum Gasteiger partial charge on any atom is 0.156 e. The first-order valence-corrected chi connectivity index (χ1v) is 9.98. The van der Waals surface area contributed by atoms with E-state index in [1.165, 1.54) is 12.1 Å². The molecule has 0 saturated carbocycles. The molecule has 2 aromatic carbocycles. The first-order chi connectivity index (χ1) is 15.0. The van der Waals surface area contributed by atoms with Gasteiger partial charge in [-0.05, 0) is 48.4 Å². The second-order valence-corrected chi connectivity index (χ2v) is 7.44. The van der Waals surface area contributed by atoms with E-state index in [4.69, 9.17) is 4.74 Å². The molecule has 0 N–H and O–H groups in total. The lowest BCUT2D eigenvalue weighted by atomic mass is 10.0. The highest BCUT2D eigenvalue weighted by molar-refractivity contribution is 5.69. The Morgan fingerprint density at radius 3 is 2.52 bits per heavy atom. The van der Waals surface area contributed by atoms with Crippen LogP contribution in [0.4, 0.5) is 4.39 Å². The van der Waals surface area contributed by atoms with E-state index < -0.39 is 0 Å². The van der Waals surface area contributed by atoms with Gasteiger partial charge in [-0.15, -0.1) is 10.2 Å². The third kappa shape index (κ3) is 4.26. The molecule has 1 unspecified atom stereocenters. The Labute approximate surface area is 180 Å². The topological polar surface area (TPSA) is 57.8 Å². The molecule has 0 aliphatic heterocycles. The number of benzene rings is 2. The van der Waals surface area contributed by atoms with Gasteiger partial charge in [0.05, 0.1) is 24.8 Å². The number of halogens is 1. The third-order valence-electron chi connectivity index (χ3n) is 5.32. The van der Waals surface area contributed by atoms with Crippen molar-refractivity contribution in [3.63, 3.8) is 0 Å². The summed E-state index contributed by atoms with van der Waals surface area (Å²) in [5.74, 6) is 2.05. The van der Waals surface area contributed by atoms with E-state index in [-0.39, 0.29) is 11.7 Å². The molecular weight excluding hydrogens is 393 g/mol. The molecule has 0 spiro atoms. The molecule has 31 heavy (non-hydrogen) atoms. The summed E-state index contributed by atoms with van der Waals surface area (Å²) in [6, 6.07) is 12.5. The molecule has 0 aliphatic carbocycles. The maximum absolute atomic E-state index is 13.2. The fraction of sp³-hybridized carbons (Fsp3) is 0.208. The van der Waals surface area contributed by atoms with Gasteiger partial charge in [-0.25, -0.2) is 9.37 Å². The molecular formula is C24H24FN5O. The van der Waals surface area contributed by atoms with E-state index in [9.17, 15) is 4.39 Å². The highest BCUT2D eigenvalue weighted by Gasteiger charge is 2.16. The standard InChI is InChI=1S/C24H24FN5O/c1-16-14-30(15-26-16)21-11-5-18(13-22(21)31-4)6-12-23-27-28-24(29(23)3)17(2)19-7-9-20(25)10-8-19/h5-15,17H,1-4H3. The molecule has 2 heterocycles. The fourth-order valence-corrected chi connectivity index (χ4v) is 3.51. The molecule has 1 atom stereocenters. The monoisotopic (exact) mass is 417 g/mol. The maximum atomic E-state index is 13.2. The summed E-state index contributed by atoms with van der Waals surface area (Å²) in [5.41, 5.74) is 3.84. The Hall–Kier alpha value is -3.74. The van der Waals surface area contributed by atoms with Crippen molar-refractivity contribution in [1.29, 1.82) is 0 Å². The normalized spacial score (nSPS) is 12.4. The SMILES string of the molecule is COc1cc(C=Cc2nnc(C(C)c3ccc(F)cc3)n2C)ccc1-n1cnc(C)c1. The Kier molecular flexibility index (Phi) is 5.66. The van der Waals surface area contributed by atoms with Crippen LogP contribution in [0.5, 0.6) is 5.75 Å². The summed E-state index contributed by atoms with van der Waals surface area (Å²) in [5, 5.41) is 8.66. The second kappa shape index (κ2) is 8.55. The number of methoxy groups -OCH3 is 1. The summed E-state index contributed by atoms with van der Waals surface area (Å²) in [6.07, 6.45) is 7.62. The van der Waals surface area contributed by atoms with Gasteiger partial charge >= 0.3 is 0 Å². The number of aryl methyl sites for hydroxylation is 1. The smallest absolute Gasteiger partial charge is 0.156 e. The molecule has 4 rings (SSSR count). The average molecular weight is 417 g/mol. The van der Waals surface area contributed by atoms with Crippen LogP contribution in [0.15, 0.2) is 55.0 Å². The van der Waals surface area contributed by atoms with Crippen LogP contribution in [0.3, 0.4) is 0 Å². The van der Waals surface area contributed by atoms with Crippen molar-refractivity contribution in [2.75, 3.05) is 7.11 Å². The van der Waals surface area contributed by atoms with Crippen LogP contribution in [-0.2, 0) is 7.05 Å². The molecule has 0 bridgehead atoms. The van der Waals surface area contributed by atoms with E-state index >= 15 is 0 Å². The predicted octanol–water partition coefficient (Wildman–Crippen LogP) is 4.78. The van der Waals surface area contributed by atoms with Crippen molar-refractivity contribution < 1.29 is 9.13 Å². The van der Waals surface area contributed by atoms with E-state index in [2.05, 4.69) is 15.2 Å². The van der Waals surface area contributed by atoms with Crippen LogP contribution in [-0.4, -0.2) is 31.4 Å². The zero-order valence-electron chi connectivity index (χ0n) is 18.0. The molecule has 2 aromatic heterocycles. The quantitative estimate of drug-likeness (QED) is 0.453. The molecule has 158 valence electrons. The van der Waals surface area contributed by atoms with Crippen molar-refractivity contribution in [3.8, 4) is 11.4 Å². The number of ether oxygens (including phenoxy) is 1. The molecule has 7 heteroatoms. The number of aromatic nitrogens is 5. The molecule has 0 fully saturated rings. The zero-order valence-corrected chi connectivity index (χ0v) is 18.0. The lowest BCUT2D eigenvalue weighted by Crippen LogP contribution is -2.05. The first kappa shape index (κ1) is 20.5. The van der Waals surface area contributed by atoms with Gasteiger partial charge in [-0.1, -0.05) is 31.2 Å². The number of nitrogens with zero attached hydrogens (tertiary/aromatic N) is 5. The Balaban J connectivity index is 1.57. The number of imidazole rings is 1. The molecule has 6 nitrogen and oxygen atoms in total. The first-order valence-electron chi connectivity index (χ1n) is 9.98. The van der Waals surface area contributed by atoms with E-state index in [0.29, 0.717) is 0 Å². The second-order valence-electron chi connectivity index (χ2n) is 7.44. The minimum Gasteiger partial charge on any atom is -0.495 e. The zero-order chi connectivity index (χ0) is 22.0. The van der Waals surface area contributed by atoms with Crippen molar-refractivity contribution in [2.24, 2.45) is 7.05 Å². The third-order valence-corrected chi connectivity index (χ3v) is 5.32. The summed E-state index contributed by atoms with van der Waals surface area (Å²) in [7, 11) is 3.59. The Morgan fingerprint density at radius 1 is 1.06 bits per heavy atom. The van der Waals surface area contributed by atoms with Crippen LogP contribution in [0.2, 0.25) is 0 Å². The molecule has 0 amide bonds. The number of hydrogen-bond acceptors (Lipinski definition) is 4. The lowest BCUT2D eigenvalue weighted by Gasteiger charge is -2.11. The molecule has 4 aromatic rings. The summed E-state index contributed by atoms with van der Waals surface area (Å²) >= 11 is 0. The lowest BCUT2D eigenvalue weighted by molar-refractivity contribution is 0.413. The average Bonchev–Trinajstić information content (AvgIpc) is 3.37. The summed E-state index contributed by atoms with van der Waals surface area (Å²) in [4.78, 5) is 4.28. The van der Waals surface area contributed by atoms with Crippen molar-refractivity contribution in [3.05, 3.63) is 89.3 Å². The molecule has 0 radical (unpaired) electrons. The highest BCUT2D eigenvalue weighted by Crippen LogP contribution is 2.26. The Bertz CT molecular complexity index is 1220. The van der Waals surface area contributed by atoms with Crippen LogP contribution >= 0.6 is 0 Å². The van der Waals surface area contributed by atoms with Gasteiger partial charge in [-0.3, -0.25) is 0 Å². The van der Waals surface area contributed by atoms with Gasteiger partial charge < -0.3 is 13.9 Å². The van der Waals surface area contributed by atoms with Crippen molar-refractivity contribution in [2.45, 2.75) is 19.8 Å². The van der Waals surface area contributed by atoms with E-state index in [1.807, 2.05) is 66.6 Å². The van der Waals surface area contributed by atoms with Gasteiger partial charge in [0.2, 0.25) is 0 Å². The minimum absolute atomic E-state index is 0.00161. The van der Waals surface area contributed by atoms with Gasteiger partial charge in [0, 0.05) is 19.2 Å². The summed E-state index contributed by atoms with van der Waals surface area (Å²) < 4.78 is 22.7. The van der Waals surface area contributed by atoms with Gasteiger partial charge in [0.15, 0.2) is 5.82 Å². The van der Waals surface area contributed by atoms with Crippen molar-refractivity contribution in [1.82, 2.24) is 24.3 Å². The van der Waals surface area contributed by atoms with Crippen LogP contribution in [0.1, 0.15) is 41.3 Å².